The first-order valence-electron chi connectivity index (χ1n) is 10.1. The molecule has 1 aromatic heterocycles. The Morgan fingerprint density at radius 2 is 1.77 bits per heavy atom. The molecule has 0 fully saturated rings. The summed E-state index contributed by atoms with van der Waals surface area (Å²) in [7, 11) is 0. The van der Waals surface area contributed by atoms with Crippen molar-refractivity contribution in [1.82, 2.24) is 4.98 Å². The first-order valence-corrected chi connectivity index (χ1v) is 10.5. The molecule has 31 heavy (non-hydrogen) atoms. The fourth-order valence-corrected chi connectivity index (χ4v) is 3.26. The van der Waals surface area contributed by atoms with Crippen LogP contribution >= 0.6 is 11.6 Å². The number of hydrogen-bond acceptors (Lipinski definition) is 4. The van der Waals surface area contributed by atoms with Crippen LogP contribution in [0, 0.1) is 0 Å². The molecule has 5 nitrogen and oxygen atoms in total. The van der Waals surface area contributed by atoms with Gasteiger partial charge in [-0.15, -0.1) is 0 Å². The minimum Gasteiger partial charge on any atom is -0.478 e. The SMILES string of the molecule is CCc1ccc2oc(-c3ccc(NC(=O)C(C)(C)Oc4ccc(Cl)cc4)cc3)nc2c1. The van der Waals surface area contributed by atoms with Gasteiger partial charge in [-0.3, -0.25) is 4.79 Å². The Balaban J connectivity index is 1.46. The molecule has 4 aromatic rings. The maximum Gasteiger partial charge on any atom is 0.267 e. The third-order valence-electron chi connectivity index (χ3n) is 4.98. The third kappa shape index (κ3) is 4.72. The number of hydrogen-bond donors (Lipinski definition) is 1. The Morgan fingerprint density at radius 1 is 1.06 bits per heavy atom. The Hall–Kier alpha value is -3.31. The summed E-state index contributed by atoms with van der Waals surface area (Å²) in [5.41, 5.74) is 3.24. The number of carbonyl (C=O) groups excluding carboxylic acids is 1. The molecular weight excluding hydrogens is 412 g/mol. The van der Waals surface area contributed by atoms with E-state index in [9.17, 15) is 4.79 Å². The Morgan fingerprint density at radius 3 is 2.45 bits per heavy atom. The van der Waals surface area contributed by atoms with Gasteiger partial charge < -0.3 is 14.5 Å². The number of nitrogens with zero attached hydrogens (tertiary/aromatic N) is 1. The highest BCUT2D eigenvalue weighted by molar-refractivity contribution is 6.30. The second-order valence-corrected chi connectivity index (χ2v) is 8.21. The van der Waals surface area contributed by atoms with E-state index in [1.54, 1.807) is 38.1 Å². The molecule has 6 heteroatoms. The third-order valence-corrected chi connectivity index (χ3v) is 5.24. The summed E-state index contributed by atoms with van der Waals surface area (Å²) < 4.78 is 11.7. The number of benzene rings is 3. The number of carbonyl (C=O) groups is 1. The Kier molecular flexibility index (Phi) is 5.70. The fraction of sp³-hybridized carbons (Fsp3) is 0.200. The summed E-state index contributed by atoms with van der Waals surface area (Å²) in [6.45, 7) is 5.54. The van der Waals surface area contributed by atoms with Crippen molar-refractivity contribution in [2.75, 3.05) is 5.32 Å². The zero-order chi connectivity index (χ0) is 22.0. The van der Waals surface area contributed by atoms with Crippen molar-refractivity contribution in [2.24, 2.45) is 0 Å². The molecule has 1 N–H and O–H groups in total. The monoisotopic (exact) mass is 434 g/mol. The Bertz CT molecular complexity index is 1210. The largest absolute Gasteiger partial charge is 0.478 e. The molecule has 3 aromatic carbocycles. The summed E-state index contributed by atoms with van der Waals surface area (Å²) in [5, 5.41) is 3.50. The lowest BCUT2D eigenvalue weighted by molar-refractivity contribution is -0.128. The van der Waals surface area contributed by atoms with Crippen LogP contribution in [0.4, 0.5) is 5.69 Å². The van der Waals surface area contributed by atoms with E-state index in [0.29, 0.717) is 22.4 Å². The van der Waals surface area contributed by atoms with E-state index in [0.717, 1.165) is 23.1 Å². The zero-order valence-corrected chi connectivity index (χ0v) is 18.4. The molecule has 0 saturated heterocycles. The number of halogens is 1. The molecule has 0 aliphatic rings. The molecule has 0 saturated carbocycles. The quantitative estimate of drug-likeness (QED) is 0.376. The lowest BCUT2D eigenvalue weighted by atomic mass is 10.1. The van der Waals surface area contributed by atoms with Gasteiger partial charge in [-0.1, -0.05) is 24.6 Å². The molecule has 1 heterocycles. The minimum atomic E-state index is -1.07. The van der Waals surface area contributed by atoms with E-state index < -0.39 is 5.60 Å². The first kappa shape index (κ1) is 20.9. The van der Waals surface area contributed by atoms with Gasteiger partial charge in [-0.05, 0) is 86.5 Å². The zero-order valence-electron chi connectivity index (χ0n) is 17.6. The second-order valence-electron chi connectivity index (χ2n) is 7.77. The van der Waals surface area contributed by atoms with Crippen molar-refractivity contribution in [3.8, 4) is 17.2 Å². The van der Waals surface area contributed by atoms with Gasteiger partial charge >= 0.3 is 0 Å². The number of anilines is 1. The van der Waals surface area contributed by atoms with Crippen LogP contribution in [0.25, 0.3) is 22.6 Å². The number of oxazole rings is 1. The Labute approximate surface area is 186 Å². The molecule has 0 unspecified atom stereocenters. The normalized spacial score (nSPS) is 11.5. The van der Waals surface area contributed by atoms with Gasteiger partial charge in [0.2, 0.25) is 5.89 Å². The summed E-state index contributed by atoms with van der Waals surface area (Å²) in [5.74, 6) is 0.860. The molecule has 158 valence electrons. The second kappa shape index (κ2) is 8.44. The lowest BCUT2D eigenvalue weighted by Gasteiger charge is -2.25. The van der Waals surface area contributed by atoms with E-state index in [1.807, 2.05) is 42.5 Å². The van der Waals surface area contributed by atoms with Gasteiger partial charge in [0.05, 0.1) is 0 Å². The standard InChI is InChI=1S/C25H23ClN2O3/c1-4-16-5-14-22-21(15-16)28-23(30-22)17-6-10-19(11-7-17)27-24(29)25(2,3)31-20-12-8-18(26)9-13-20/h5-15H,4H2,1-3H3,(H,27,29). The van der Waals surface area contributed by atoms with E-state index in [4.69, 9.17) is 20.8 Å². The van der Waals surface area contributed by atoms with E-state index in [-0.39, 0.29) is 5.91 Å². The number of rotatable bonds is 6. The summed E-state index contributed by atoms with van der Waals surface area (Å²) >= 11 is 5.90. The summed E-state index contributed by atoms with van der Waals surface area (Å²) in [4.78, 5) is 17.3. The summed E-state index contributed by atoms with van der Waals surface area (Å²) in [6.07, 6.45) is 0.949. The van der Waals surface area contributed by atoms with Crippen molar-refractivity contribution in [3.63, 3.8) is 0 Å². The average molecular weight is 435 g/mol. The highest BCUT2D eigenvalue weighted by Crippen LogP contribution is 2.27. The van der Waals surface area contributed by atoms with Crippen LogP contribution in [-0.2, 0) is 11.2 Å². The highest BCUT2D eigenvalue weighted by Gasteiger charge is 2.30. The van der Waals surface area contributed by atoms with Gasteiger partial charge in [-0.25, -0.2) is 4.98 Å². The van der Waals surface area contributed by atoms with Crippen molar-refractivity contribution in [3.05, 3.63) is 77.3 Å². The number of aryl methyl sites for hydroxylation is 1. The molecule has 0 bridgehead atoms. The topological polar surface area (TPSA) is 64.4 Å². The predicted octanol–water partition coefficient (Wildman–Crippen LogP) is 6.51. The van der Waals surface area contributed by atoms with Crippen LogP contribution in [0.1, 0.15) is 26.3 Å². The van der Waals surface area contributed by atoms with Crippen LogP contribution in [0.15, 0.2) is 71.1 Å². The van der Waals surface area contributed by atoms with Gasteiger partial charge in [0.15, 0.2) is 11.2 Å². The van der Waals surface area contributed by atoms with E-state index in [2.05, 4.69) is 17.2 Å². The highest BCUT2D eigenvalue weighted by atomic mass is 35.5. The van der Waals surface area contributed by atoms with Crippen molar-refractivity contribution >= 4 is 34.3 Å². The number of aromatic nitrogens is 1. The molecule has 4 rings (SSSR count). The maximum absolute atomic E-state index is 12.7. The van der Waals surface area contributed by atoms with Gasteiger partial charge in [0.25, 0.3) is 5.91 Å². The van der Waals surface area contributed by atoms with E-state index >= 15 is 0 Å². The van der Waals surface area contributed by atoms with Crippen molar-refractivity contribution < 1.29 is 13.9 Å². The lowest BCUT2D eigenvalue weighted by Crippen LogP contribution is -2.42. The average Bonchev–Trinajstić information content (AvgIpc) is 3.19. The molecule has 0 radical (unpaired) electrons. The van der Waals surface area contributed by atoms with Gasteiger partial charge in [0.1, 0.15) is 11.3 Å². The minimum absolute atomic E-state index is 0.260. The van der Waals surface area contributed by atoms with E-state index in [1.165, 1.54) is 5.56 Å². The first-order chi connectivity index (χ1) is 14.8. The molecular formula is C25H23ClN2O3. The van der Waals surface area contributed by atoms with Crippen molar-refractivity contribution in [1.29, 1.82) is 0 Å². The smallest absolute Gasteiger partial charge is 0.267 e. The molecule has 0 atom stereocenters. The van der Waals surface area contributed by atoms with Gasteiger partial charge in [0, 0.05) is 16.3 Å². The van der Waals surface area contributed by atoms with Crippen LogP contribution in [-0.4, -0.2) is 16.5 Å². The number of nitrogens with one attached hydrogen (secondary N) is 1. The molecule has 0 aliphatic heterocycles. The molecule has 0 aliphatic carbocycles. The fourth-order valence-electron chi connectivity index (χ4n) is 3.14. The number of amides is 1. The van der Waals surface area contributed by atoms with Gasteiger partial charge in [-0.2, -0.15) is 0 Å². The predicted molar refractivity (Wildman–Crippen MR) is 124 cm³/mol. The van der Waals surface area contributed by atoms with Crippen LogP contribution in [0.3, 0.4) is 0 Å². The van der Waals surface area contributed by atoms with Crippen LogP contribution < -0.4 is 10.1 Å². The number of fused-ring (bicyclic) bond motifs is 1. The summed E-state index contributed by atoms with van der Waals surface area (Å²) in [6, 6.07) is 20.3. The maximum atomic E-state index is 12.7. The molecule has 0 spiro atoms. The van der Waals surface area contributed by atoms with Crippen molar-refractivity contribution in [2.45, 2.75) is 32.8 Å². The number of ether oxygens (including phenoxy) is 1. The van der Waals surface area contributed by atoms with Crippen LogP contribution in [0.5, 0.6) is 5.75 Å². The van der Waals surface area contributed by atoms with Crippen LogP contribution in [0.2, 0.25) is 5.02 Å². The molecule has 1 amide bonds.